The van der Waals surface area contributed by atoms with Crippen LogP contribution in [-0.2, 0) is 14.3 Å². The van der Waals surface area contributed by atoms with Gasteiger partial charge < -0.3 is 20.1 Å². The molecule has 1 aliphatic rings. The Morgan fingerprint density at radius 2 is 1.63 bits per heavy atom. The molecule has 0 saturated heterocycles. The zero-order valence-corrected chi connectivity index (χ0v) is 19.2. The van der Waals surface area contributed by atoms with Gasteiger partial charge >= 0.3 is 18.2 Å². The number of amides is 2. The second-order valence-electron chi connectivity index (χ2n) is 8.24. The van der Waals surface area contributed by atoms with Crippen molar-refractivity contribution in [2.24, 2.45) is 0 Å². The first-order valence-electron chi connectivity index (χ1n) is 11.3. The second-order valence-corrected chi connectivity index (χ2v) is 8.24. The number of carbonyl (C=O) groups is 3. The number of aliphatic carboxylic acids is 1. The van der Waals surface area contributed by atoms with Crippen molar-refractivity contribution in [2.75, 3.05) is 19.7 Å². The number of hydrogen-bond acceptors (Lipinski definition) is 4. The van der Waals surface area contributed by atoms with Crippen molar-refractivity contribution in [3.8, 4) is 11.1 Å². The highest BCUT2D eigenvalue weighted by atomic mass is 19.4. The molecular weight excluding hydrogens is 465 g/mol. The van der Waals surface area contributed by atoms with E-state index in [0.717, 1.165) is 27.2 Å². The van der Waals surface area contributed by atoms with E-state index in [-0.39, 0.29) is 25.5 Å². The molecule has 1 atom stereocenters. The van der Waals surface area contributed by atoms with Crippen LogP contribution >= 0.6 is 0 Å². The lowest BCUT2D eigenvalue weighted by atomic mass is 9.98. The van der Waals surface area contributed by atoms with Gasteiger partial charge in [0.2, 0.25) is 5.91 Å². The summed E-state index contributed by atoms with van der Waals surface area (Å²) in [6.07, 6.45) is -7.33. The largest absolute Gasteiger partial charge is 0.481 e. The summed E-state index contributed by atoms with van der Waals surface area (Å²) in [7, 11) is 0. The van der Waals surface area contributed by atoms with Crippen molar-refractivity contribution < 1.29 is 37.4 Å². The summed E-state index contributed by atoms with van der Waals surface area (Å²) < 4.78 is 43.3. The Morgan fingerprint density at radius 1 is 1.06 bits per heavy atom. The molecule has 3 rings (SSSR count). The molecule has 35 heavy (non-hydrogen) atoms. The van der Waals surface area contributed by atoms with Gasteiger partial charge in [-0.25, -0.2) is 4.79 Å². The number of likely N-dealkylation sites (N-methyl/N-ethyl adjacent to an activating group) is 1. The molecule has 2 N–H and O–H groups in total. The van der Waals surface area contributed by atoms with Gasteiger partial charge in [-0.2, -0.15) is 13.2 Å². The molecule has 1 aliphatic carbocycles. The molecule has 0 spiro atoms. The Bertz CT molecular complexity index is 1030. The van der Waals surface area contributed by atoms with E-state index in [0.29, 0.717) is 0 Å². The average Bonchev–Trinajstić information content (AvgIpc) is 3.13. The van der Waals surface area contributed by atoms with E-state index in [1.165, 1.54) is 6.92 Å². The van der Waals surface area contributed by atoms with Crippen LogP contribution in [0.1, 0.15) is 43.2 Å². The highest BCUT2D eigenvalue weighted by molar-refractivity contribution is 5.86. The minimum absolute atomic E-state index is 0.0226. The van der Waals surface area contributed by atoms with Crippen molar-refractivity contribution >= 4 is 18.0 Å². The van der Waals surface area contributed by atoms with Crippen LogP contribution in [0.25, 0.3) is 11.1 Å². The number of hydrogen-bond donors (Lipinski definition) is 2. The van der Waals surface area contributed by atoms with Crippen molar-refractivity contribution in [3.05, 3.63) is 59.7 Å². The Balaban J connectivity index is 1.68. The van der Waals surface area contributed by atoms with Gasteiger partial charge in [-0.3, -0.25) is 9.59 Å². The van der Waals surface area contributed by atoms with Gasteiger partial charge in [0.1, 0.15) is 12.6 Å². The first-order valence-corrected chi connectivity index (χ1v) is 11.3. The molecular formula is C25H27F3N2O5. The van der Waals surface area contributed by atoms with E-state index in [2.05, 4.69) is 5.32 Å². The number of ether oxygens (including phenoxy) is 1. The lowest BCUT2D eigenvalue weighted by molar-refractivity contribution is -0.146. The number of rotatable bonds is 10. The Morgan fingerprint density at radius 3 is 2.14 bits per heavy atom. The molecule has 0 bridgehead atoms. The third kappa shape index (κ3) is 6.74. The summed E-state index contributed by atoms with van der Waals surface area (Å²) in [6.45, 7) is 0.876. The molecule has 0 heterocycles. The van der Waals surface area contributed by atoms with Crippen molar-refractivity contribution in [3.63, 3.8) is 0 Å². The number of alkyl halides is 3. The number of nitrogens with zero attached hydrogens (tertiary/aromatic N) is 1. The number of fused-ring (bicyclic) bond motifs is 3. The molecule has 2 aromatic carbocycles. The normalized spacial score (nSPS) is 13.5. The van der Waals surface area contributed by atoms with E-state index in [1.807, 2.05) is 48.5 Å². The van der Waals surface area contributed by atoms with Crippen LogP contribution in [0, 0.1) is 0 Å². The molecule has 0 aromatic heterocycles. The van der Waals surface area contributed by atoms with Gasteiger partial charge in [-0.15, -0.1) is 0 Å². The van der Waals surface area contributed by atoms with Gasteiger partial charge in [0, 0.05) is 25.4 Å². The summed E-state index contributed by atoms with van der Waals surface area (Å²) in [5.41, 5.74) is 4.05. The van der Waals surface area contributed by atoms with Gasteiger partial charge in [0.15, 0.2) is 0 Å². The number of halogens is 3. The monoisotopic (exact) mass is 492 g/mol. The van der Waals surface area contributed by atoms with E-state index in [1.54, 1.807) is 0 Å². The molecule has 1 unspecified atom stereocenters. The van der Waals surface area contributed by atoms with Crippen LogP contribution in [0.5, 0.6) is 0 Å². The van der Waals surface area contributed by atoms with Crippen LogP contribution in [0.2, 0.25) is 0 Å². The SMILES string of the molecule is CCN(CCC(F)(F)F)C(=O)C(CCC(=O)O)NC(=O)OCC1c2ccccc2-c2ccccc21. The first-order chi connectivity index (χ1) is 16.6. The molecule has 10 heteroatoms. The molecule has 0 fully saturated rings. The van der Waals surface area contributed by atoms with Crippen LogP contribution in [0.3, 0.4) is 0 Å². The molecule has 7 nitrogen and oxygen atoms in total. The molecule has 188 valence electrons. The zero-order chi connectivity index (χ0) is 25.6. The molecule has 2 aromatic rings. The number of carboxylic acid groups (broad SMARTS) is 1. The van der Waals surface area contributed by atoms with Crippen molar-refractivity contribution in [2.45, 2.75) is 44.3 Å². The fraction of sp³-hybridized carbons (Fsp3) is 0.400. The molecule has 0 saturated carbocycles. The van der Waals surface area contributed by atoms with E-state index in [4.69, 9.17) is 9.84 Å². The van der Waals surface area contributed by atoms with Crippen LogP contribution in [-0.4, -0.2) is 59.9 Å². The fourth-order valence-corrected chi connectivity index (χ4v) is 4.21. The third-order valence-corrected chi connectivity index (χ3v) is 5.94. The van der Waals surface area contributed by atoms with Gasteiger partial charge in [0.25, 0.3) is 0 Å². The highest BCUT2D eigenvalue weighted by Crippen LogP contribution is 2.44. The second kappa shape index (κ2) is 11.2. The van der Waals surface area contributed by atoms with Gasteiger partial charge in [-0.1, -0.05) is 48.5 Å². The molecule has 0 aliphatic heterocycles. The average molecular weight is 492 g/mol. The van der Waals surface area contributed by atoms with Crippen LogP contribution in [0.4, 0.5) is 18.0 Å². The Hall–Kier alpha value is -3.56. The van der Waals surface area contributed by atoms with E-state index < -0.39 is 49.6 Å². The summed E-state index contributed by atoms with van der Waals surface area (Å²) in [6, 6.07) is 14.1. The maximum atomic E-state index is 12.8. The van der Waals surface area contributed by atoms with E-state index in [9.17, 15) is 27.6 Å². The maximum Gasteiger partial charge on any atom is 0.407 e. The summed E-state index contributed by atoms with van der Waals surface area (Å²) in [5, 5.41) is 11.4. The Labute approximate surface area is 200 Å². The number of nitrogens with one attached hydrogen (secondary N) is 1. The minimum atomic E-state index is -4.45. The quantitative estimate of drug-likeness (QED) is 0.507. The van der Waals surface area contributed by atoms with Crippen molar-refractivity contribution in [1.29, 1.82) is 0 Å². The zero-order valence-electron chi connectivity index (χ0n) is 19.2. The minimum Gasteiger partial charge on any atom is -0.481 e. The predicted octanol–water partition coefficient (Wildman–Crippen LogP) is 4.56. The molecule has 0 radical (unpaired) electrons. The standard InChI is InChI=1S/C25H27F3N2O5/c1-2-30(14-13-25(26,27)28)23(33)21(11-12-22(31)32)29-24(34)35-15-20-18-9-5-3-7-16(18)17-8-4-6-10-19(17)20/h3-10,20-21H,2,11-15H2,1H3,(H,29,34)(H,31,32). The first kappa shape index (κ1) is 26.1. The Kier molecular flexibility index (Phi) is 8.37. The maximum absolute atomic E-state index is 12.8. The highest BCUT2D eigenvalue weighted by Gasteiger charge is 2.33. The topological polar surface area (TPSA) is 95.9 Å². The van der Waals surface area contributed by atoms with Crippen molar-refractivity contribution in [1.82, 2.24) is 10.2 Å². The van der Waals surface area contributed by atoms with Crippen LogP contribution in [0.15, 0.2) is 48.5 Å². The third-order valence-electron chi connectivity index (χ3n) is 5.94. The predicted molar refractivity (Wildman–Crippen MR) is 122 cm³/mol. The lowest BCUT2D eigenvalue weighted by Crippen LogP contribution is -2.49. The number of carboxylic acids is 1. The number of alkyl carbamates (subject to hydrolysis) is 1. The summed E-state index contributed by atoms with van der Waals surface area (Å²) in [4.78, 5) is 37.4. The molecule has 2 amide bonds. The number of carbonyl (C=O) groups excluding carboxylic acids is 2. The lowest BCUT2D eigenvalue weighted by Gasteiger charge is -2.27. The number of benzene rings is 2. The summed E-state index contributed by atoms with van der Waals surface area (Å²) in [5.74, 6) is -2.21. The fourth-order valence-electron chi connectivity index (χ4n) is 4.21. The van der Waals surface area contributed by atoms with Crippen LogP contribution < -0.4 is 5.32 Å². The van der Waals surface area contributed by atoms with E-state index >= 15 is 0 Å². The van der Waals surface area contributed by atoms with Gasteiger partial charge in [0.05, 0.1) is 6.42 Å². The van der Waals surface area contributed by atoms with Gasteiger partial charge in [-0.05, 0) is 35.6 Å². The smallest absolute Gasteiger partial charge is 0.407 e. The summed E-state index contributed by atoms with van der Waals surface area (Å²) >= 11 is 0.